The van der Waals surface area contributed by atoms with E-state index in [1.165, 1.54) is 6.42 Å². The van der Waals surface area contributed by atoms with Gasteiger partial charge in [0.15, 0.2) is 0 Å². The molecule has 1 aromatic rings. The summed E-state index contributed by atoms with van der Waals surface area (Å²) in [5, 5.41) is 0. The second-order valence-corrected chi connectivity index (χ2v) is 5.29. The van der Waals surface area contributed by atoms with Gasteiger partial charge >= 0.3 is 5.97 Å². The first-order valence-electron chi connectivity index (χ1n) is 7.32. The van der Waals surface area contributed by atoms with Gasteiger partial charge < -0.3 is 16.2 Å². The van der Waals surface area contributed by atoms with E-state index in [1.807, 2.05) is 6.92 Å². The lowest BCUT2D eigenvalue weighted by Gasteiger charge is -2.15. The summed E-state index contributed by atoms with van der Waals surface area (Å²) in [7, 11) is 0. The zero-order chi connectivity index (χ0) is 15.1. The average Bonchev–Trinajstić information content (AvgIpc) is 2.44. The number of anilines is 2. The van der Waals surface area contributed by atoms with Gasteiger partial charge in [-0.25, -0.2) is 4.79 Å². The summed E-state index contributed by atoms with van der Waals surface area (Å²) < 4.78 is 5.38. The van der Waals surface area contributed by atoms with Crippen molar-refractivity contribution in [3.05, 3.63) is 23.3 Å². The summed E-state index contributed by atoms with van der Waals surface area (Å²) in [6.45, 7) is 6.58. The molecule has 0 amide bonds. The summed E-state index contributed by atoms with van der Waals surface area (Å²) in [4.78, 5) is 12.0. The van der Waals surface area contributed by atoms with E-state index in [0.29, 0.717) is 29.5 Å². The van der Waals surface area contributed by atoms with Crippen LogP contribution in [0.1, 0.15) is 55.5 Å². The van der Waals surface area contributed by atoms with Crippen LogP contribution in [0.5, 0.6) is 0 Å². The molecule has 4 N–H and O–H groups in total. The zero-order valence-corrected chi connectivity index (χ0v) is 12.7. The normalized spacial score (nSPS) is 12.2. The highest BCUT2D eigenvalue weighted by molar-refractivity contribution is 5.92. The van der Waals surface area contributed by atoms with Gasteiger partial charge in [0.1, 0.15) is 0 Å². The van der Waals surface area contributed by atoms with Crippen molar-refractivity contribution in [3.63, 3.8) is 0 Å². The van der Waals surface area contributed by atoms with Crippen LogP contribution in [0.2, 0.25) is 0 Å². The van der Waals surface area contributed by atoms with Gasteiger partial charge in [0.25, 0.3) is 0 Å². The minimum atomic E-state index is -0.349. The Hall–Kier alpha value is -1.71. The summed E-state index contributed by atoms with van der Waals surface area (Å²) in [5.74, 6) is 0.0809. The molecule has 0 spiro atoms. The quantitative estimate of drug-likeness (QED) is 0.590. The number of hydrogen-bond acceptors (Lipinski definition) is 4. The van der Waals surface area contributed by atoms with Gasteiger partial charge in [-0.05, 0) is 37.0 Å². The van der Waals surface area contributed by atoms with Crippen LogP contribution in [0.25, 0.3) is 0 Å². The molecule has 0 saturated heterocycles. The van der Waals surface area contributed by atoms with Crippen molar-refractivity contribution in [2.75, 3.05) is 18.1 Å². The summed E-state index contributed by atoms with van der Waals surface area (Å²) in [6.07, 6.45) is 4.44. The number of nitrogens with two attached hydrogens (primary N) is 2. The van der Waals surface area contributed by atoms with Gasteiger partial charge in [0.2, 0.25) is 0 Å². The Labute approximate surface area is 121 Å². The molecule has 4 nitrogen and oxygen atoms in total. The highest BCUT2D eigenvalue weighted by atomic mass is 16.5. The fraction of sp³-hybridized carbons (Fsp3) is 0.562. The topological polar surface area (TPSA) is 78.3 Å². The Bertz CT molecular complexity index is 435. The molecule has 0 aliphatic heterocycles. The van der Waals surface area contributed by atoms with Crippen LogP contribution in [0.4, 0.5) is 11.4 Å². The standard InChI is InChI=1S/C16H26N2O2/c1-4-6-7-12(5-2)10-20-16(19)13-8-14(17)11(3)15(18)9-13/h8-9,12H,4-7,10,17-18H2,1-3H3. The molecular weight excluding hydrogens is 252 g/mol. The van der Waals surface area contributed by atoms with E-state index in [4.69, 9.17) is 16.2 Å². The van der Waals surface area contributed by atoms with Crippen LogP contribution in [0.3, 0.4) is 0 Å². The molecule has 0 fully saturated rings. The maximum atomic E-state index is 12.0. The number of rotatable bonds is 7. The molecule has 4 heteroatoms. The fourth-order valence-electron chi connectivity index (χ4n) is 2.05. The molecule has 0 bridgehead atoms. The van der Waals surface area contributed by atoms with Crippen molar-refractivity contribution in [1.82, 2.24) is 0 Å². The molecule has 1 atom stereocenters. The van der Waals surface area contributed by atoms with Gasteiger partial charge in [0, 0.05) is 11.4 Å². The zero-order valence-electron chi connectivity index (χ0n) is 12.7. The highest BCUT2D eigenvalue weighted by Crippen LogP contribution is 2.22. The second-order valence-electron chi connectivity index (χ2n) is 5.29. The minimum absolute atomic E-state index is 0.349. The Morgan fingerprint density at radius 1 is 1.25 bits per heavy atom. The largest absolute Gasteiger partial charge is 0.462 e. The first-order chi connectivity index (χ1) is 9.49. The maximum absolute atomic E-state index is 12.0. The highest BCUT2D eigenvalue weighted by Gasteiger charge is 2.14. The number of esters is 1. The monoisotopic (exact) mass is 278 g/mol. The van der Waals surface area contributed by atoms with Crippen molar-refractivity contribution in [1.29, 1.82) is 0 Å². The number of nitrogen functional groups attached to an aromatic ring is 2. The molecular formula is C16H26N2O2. The third kappa shape index (κ3) is 4.44. The van der Waals surface area contributed by atoms with E-state index in [9.17, 15) is 4.79 Å². The molecule has 0 aliphatic carbocycles. The Kier molecular flexibility index (Phi) is 6.36. The van der Waals surface area contributed by atoms with Crippen LogP contribution in [-0.2, 0) is 4.74 Å². The van der Waals surface area contributed by atoms with Crippen molar-refractivity contribution < 1.29 is 9.53 Å². The van der Waals surface area contributed by atoms with Gasteiger partial charge in [0.05, 0.1) is 12.2 Å². The minimum Gasteiger partial charge on any atom is -0.462 e. The van der Waals surface area contributed by atoms with E-state index in [2.05, 4.69) is 13.8 Å². The fourth-order valence-corrected chi connectivity index (χ4v) is 2.05. The molecule has 0 aliphatic rings. The SMILES string of the molecule is CCCCC(CC)COC(=O)c1cc(N)c(C)c(N)c1. The Morgan fingerprint density at radius 3 is 2.35 bits per heavy atom. The van der Waals surface area contributed by atoms with Gasteiger partial charge in [-0.15, -0.1) is 0 Å². The van der Waals surface area contributed by atoms with Crippen molar-refractivity contribution in [3.8, 4) is 0 Å². The van der Waals surface area contributed by atoms with Crippen molar-refractivity contribution in [2.45, 2.75) is 46.5 Å². The lowest BCUT2D eigenvalue weighted by atomic mass is 10.0. The third-order valence-electron chi connectivity index (χ3n) is 3.72. The van der Waals surface area contributed by atoms with E-state index < -0.39 is 0 Å². The van der Waals surface area contributed by atoms with Crippen LogP contribution in [0, 0.1) is 12.8 Å². The molecule has 1 rings (SSSR count). The predicted molar refractivity (Wildman–Crippen MR) is 83.6 cm³/mol. The van der Waals surface area contributed by atoms with E-state index >= 15 is 0 Å². The molecule has 0 aromatic heterocycles. The maximum Gasteiger partial charge on any atom is 0.338 e. The molecule has 0 heterocycles. The number of hydrogen-bond donors (Lipinski definition) is 2. The Balaban J connectivity index is 2.62. The van der Waals surface area contributed by atoms with Crippen molar-refractivity contribution >= 4 is 17.3 Å². The average molecular weight is 278 g/mol. The van der Waals surface area contributed by atoms with Crippen LogP contribution in [0.15, 0.2) is 12.1 Å². The van der Waals surface area contributed by atoms with Gasteiger partial charge in [-0.1, -0.05) is 33.1 Å². The number of carbonyl (C=O) groups is 1. The first-order valence-corrected chi connectivity index (χ1v) is 7.32. The van der Waals surface area contributed by atoms with E-state index in [1.54, 1.807) is 12.1 Å². The number of benzene rings is 1. The van der Waals surface area contributed by atoms with E-state index in [0.717, 1.165) is 24.8 Å². The molecule has 1 unspecified atom stereocenters. The second kappa shape index (κ2) is 7.78. The molecule has 112 valence electrons. The van der Waals surface area contributed by atoms with Crippen LogP contribution < -0.4 is 11.5 Å². The lowest BCUT2D eigenvalue weighted by molar-refractivity contribution is 0.0428. The Morgan fingerprint density at radius 2 is 1.85 bits per heavy atom. The van der Waals surface area contributed by atoms with E-state index in [-0.39, 0.29) is 5.97 Å². The van der Waals surface area contributed by atoms with Crippen LogP contribution in [-0.4, -0.2) is 12.6 Å². The number of ether oxygens (including phenoxy) is 1. The summed E-state index contributed by atoms with van der Waals surface area (Å²) in [6, 6.07) is 3.25. The third-order valence-corrected chi connectivity index (χ3v) is 3.72. The van der Waals surface area contributed by atoms with Gasteiger partial charge in [-0.3, -0.25) is 0 Å². The predicted octanol–water partition coefficient (Wildman–Crippen LogP) is 3.53. The lowest BCUT2D eigenvalue weighted by Crippen LogP contribution is -2.14. The molecule has 0 saturated carbocycles. The number of unbranched alkanes of at least 4 members (excludes halogenated alkanes) is 1. The van der Waals surface area contributed by atoms with Crippen LogP contribution >= 0.6 is 0 Å². The van der Waals surface area contributed by atoms with Crippen molar-refractivity contribution in [2.24, 2.45) is 5.92 Å². The van der Waals surface area contributed by atoms with Gasteiger partial charge in [-0.2, -0.15) is 0 Å². The smallest absolute Gasteiger partial charge is 0.338 e. The molecule has 0 radical (unpaired) electrons. The molecule has 20 heavy (non-hydrogen) atoms. The summed E-state index contributed by atoms with van der Waals surface area (Å²) in [5.41, 5.74) is 13.9. The molecule has 1 aromatic carbocycles. The first kappa shape index (κ1) is 16.3. The summed E-state index contributed by atoms with van der Waals surface area (Å²) >= 11 is 0. The number of carbonyl (C=O) groups excluding carboxylic acids is 1.